The van der Waals surface area contributed by atoms with Crippen LogP contribution >= 0.6 is 23.2 Å². The maximum atomic E-state index is 13.0. The number of amides is 1. The molecule has 2 N–H and O–H groups in total. The van der Waals surface area contributed by atoms with Gasteiger partial charge in [-0.2, -0.15) is 0 Å². The van der Waals surface area contributed by atoms with Crippen molar-refractivity contribution in [2.75, 3.05) is 4.90 Å². The standard InChI is InChI=1S/C17H11Cl2N3O2/c18-13-6-5-10(9-14(13)19)22-15(23)11-3-1-2-4-12(11)17(22,24)16-20-7-8-21-16/h1-9,24H,(H,20,21). The lowest BCUT2D eigenvalue weighted by Gasteiger charge is -2.32. The van der Waals surface area contributed by atoms with E-state index in [-0.39, 0.29) is 11.7 Å². The number of H-pyrrole nitrogens is 1. The maximum absolute atomic E-state index is 13.0. The Morgan fingerprint density at radius 3 is 2.62 bits per heavy atom. The number of anilines is 1. The van der Waals surface area contributed by atoms with Gasteiger partial charge in [0.2, 0.25) is 5.72 Å². The van der Waals surface area contributed by atoms with Crippen molar-refractivity contribution in [3.05, 3.63) is 81.9 Å². The molecule has 0 fully saturated rings. The van der Waals surface area contributed by atoms with Gasteiger partial charge in [0.25, 0.3) is 5.91 Å². The Labute approximate surface area is 147 Å². The molecule has 1 unspecified atom stereocenters. The molecule has 120 valence electrons. The molecule has 1 aliphatic heterocycles. The first-order chi connectivity index (χ1) is 11.5. The summed E-state index contributed by atoms with van der Waals surface area (Å²) in [4.78, 5) is 21.3. The number of imidazole rings is 1. The molecule has 24 heavy (non-hydrogen) atoms. The summed E-state index contributed by atoms with van der Waals surface area (Å²) in [6, 6.07) is 11.6. The Balaban J connectivity index is 1.98. The summed E-state index contributed by atoms with van der Waals surface area (Å²) in [6.45, 7) is 0. The molecule has 1 aliphatic rings. The topological polar surface area (TPSA) is 69.2 Å². The number of aliphatic hydroxyl groups is 1. The summed E-state index contributed by atoms with van der Waals surface area (Å²) in [6.07, 6.45) is 3.11. The third-order valence-electron chi connectivity index (χ3n) is 4.05. The lowest BCUT2D eigenvalue weighted by molar-refractivity contribution is 0.0653. The zero-order chi connectivity index (χ0) is 16.9. The fourth-order valence-corrected chi connectivity index (χ4v) is 3.27. The van der Waals surface area contributed by atoms with E-state index in [9.17, 15) is 9.90 Å². The molecule has 0 saturated heterocycles. The van der Waals surface area contributed by atoms with E-state index >= 15 is 0 Å². The molecule has 2 heterocycles. The molecule has 0 aliphatic carbocycles. The average molecular weight is 360 g/mol. The van der Waals surface area contributed by atoms with E-state index in [1.807, 2.05) is 0 Å². The van der Waals surface area contributed by atoms with Gasteiger partial charge in [0, 0.05) is 29.2 Å². The number of aromatic nitrogens is 2. The van der Waals surface area contributed by atoms with Crippen LogP contribution in [0.2, 0.25) is 10.0 Å². The van der Waals surface area contributed by atoms with Crippen LogP contribution in [0.3, 0.4) is 0 Å². The van der Waals surface area contributed by atoms with Gasteiger partial charge in [-0.1, -0.05) is 41.4 Å². The van der Waals surface area contributed by atoms with Crippen LogP contribution in [0.1, 0.15) is 21.7 Å². The van der Waals surface area contributed by atoms with Crippen molar-refractivity contribution in [2.24, 2.45) is 0 Å². The third kappa shape index (κ3) is 1.99. The quantitative estimate of drug-likeness (QED) is 0.734. The van der Waals surface area contributed by atoms with E-state index < -0.39 is 5.72 Å². The van der Waals surface area contributed by atoms with Crippen LogP contribution in [-0.4, -0.2) is 21.0 Å². The number of rotatable bonds is 2. The third-order valence-corrected chi connectivity index (χ3v) is 4.79. The molecule has 4 rings (SSSR count). The molecule has 3 aromatic rings. The van der Waals surface area contributed by atoms with Crippen LogP contribution in [-0.2, 0) is 5.72 Å². The molecule has 2 aromatic carbocycles. The summed E-state index contributed by atoms with van der Waals surface area (Å²) in [5.74, 6) is -0.102. The lowest BCUT2D eigenvalue weighted by Crippen LogP contribution is -2.45. The van der Waals surface area contributed by atoms with Crippen LogP contribution < -0.4 is 4.90 Å². The zero-order valence-electron chi connectivity index (χ0n) is 12.2. The summed E-state index contributed by atoms with van der Waals surface area (Å²) >= 11 is 12.1. The highest BCUT2D eigenvalue weighted by atomic mass is 35.5. The Kier molecular flexibility index (Phi) is 3.38. The second-order valence-electron chi connectivity index (χ2n) is 5.39. The Morgan fingerprint density at radius 2 is 1.92 bits per heavy atom. The van der Waals surface area contributed by atoms with E-state index in [1.54, 1.807) is 48.7 Å². The van der Waals surface area contributed by atoms with Crippen molar-refractivity contribution >= 4 is 34.8 Å². The van der Waals surface area contributed by atoms with Crippen LogP contribution in [0.5, 0.6) is 0 Å². The minimum Gasteiger partial charge on any atom is -0.360 e. The minimum absolute atomic E-state index is 0.242. The monoisotopic (exact) mass is 359 g/mol. The van der Waals surface area contributed by atoms with Crippen molar-refractivity contribution in [1.82, 2.24) is 9.97 Å². The molecule has 0 saturated carbocycles. The highest BCUT2D eigenvalue weighted by molar-refractivity contribution is 6.42. The average Bonchev–Trinajstić information content (AvgIpc) is 3.19. The van der Waals surface area contributed by atoms with Crippen molar-refractivity contribution in [3.63, 3.8) is 0 Å². The number of nitrogens with one attached hydrogen (secondary N) is 1. The minimum atomic E-state index is -1.76. The SMILES string of the molecule is O=C1c2ccccc2C(O)(c2ncc[nH]2)N1c1ccc(Cl)c(Cl)c1. The number of nitrogens with zero attached hydrogens (tertiary/aromatic N) is 2. The van der Waals surface area contributed by atoms with E-state index in [2.05, 4.69) is 9.97 Å². The number of carbonyl (C=O) groups is 1. The lowest BCUT2D eigenvalue weighted by atomic mass is 10.0. The van der Waals surface area contributed by atoms with Gasteiger partial charge >= 0.3 is 0 Å². The number of hydrogen-bond donors (Lipinski definition) is 2. The summed E-state index contributed by atoms with van der Waals surface area (Å²) in [5, 5.41) is 12.1. The predicted molar refractivity (Wildman–Crippen MR) is 91.3 cm³/mol. The van der Waals surface area contributed by atoms with Gasteiger partial charge < -0.3 is 10.1 Å². The van der Waals surface area contributed by atoms with E-state index in [0.29, 0.717) is 26.9 Å². The summed E-state index contributed by atoms with van der Waals surface area (Å²) < 4.78 is 0. The summed E-state index contributed by atoms with van der Waals surface area (Å²) in [7, 11) is 0. The summed E-state index contributed by atoms with van der Waals surface area (Å²) in [5.41, 5.74) is -0.475. The normalized spacial score (nSPS) is 19.6. The van der Waals surface area contributed by atoms with Gasteiger partial charge in [0.1, 0.15) is 0 Å². The highest BCUT2D eigenvalue weighted by Crippen LogP contribution is 2.44. The van der Waals surface area contributed by atoms with Crippen molar-refractivity contribution < 1.29 is 9.90 Å². The molecule has 0 bridgehead atoms. The second kappa shape index (κ2) is 5.34. The molecule has 1 amide bonds. The number of benzene rings is 2. The highest BCUT2D eigenvalue weighted by Gasteiger charge is 2.52. The first-order valence-electron chi connectivity index (χ1n) is 7.15. The first-order valence-corrected chi connectivity index (χ1v) is 7.90. The van der Waals surface area contributed by atoms with Gasteiger partial charge in [-0.3, -0.25) is 9.69 Å². The molecule has 7 heteroatoms. The van der Waals surface area contributed by atoms with Crippen LogP contribution in [0.4, 0.5) is 5.69 Å². The van der Waals surface area contributed by atoms with Gasteiger partial charge in [-0.25, -0.2) is 4.98 Å². The zero-order valence-corrected chi connectivity index (χ0v) is 13.7. The number of fused-ring (bicyclic) bond motifs is 1. The van der Waals surface area contributed by atoms with Gasteiger partial charge in [0.15, 0.2) is 5.82 Å². The predicted octanol–water partition coefficient (Wildman–Crippen LogP) is 3.57. The van der Waals surface area contributed by atoms with Crippen LogP contribution in [0, 0.1) is 0 Å². The largest absolute Gasteiger partial charge is 0.360 e. The first kappa shape index (κ1) is 15.2. The Bertz CT molecular complexity index is 943. The molecular formula is C17H11Cl2N3O2. The molecule has 1 atom stereocenters. The molecule has 5 nitrogen and oxygen atoms in total. The Morgan fingerprint density at radius 1 is 1.12 bits per heavy atom. The number of halogens is 2. The molecular weight excluding hydrogens is 349 g/mol. The van der Waals surface area contributed by atoms with Gasteiger partial charge in [-0.05, 0) is 24.3 Å². The second-order valence-corrected chi connectivity index (χ2v) is 6.21. The fraction of sp³-hybridized carbons (Fsp3) is 0.0588. The maximum Gasteiger partial charge on any atom is 0.261 e. The van der Waals surface area contributed by atoms with Crippen LogP contribution in [0.15, 0.2) is 54.9 Å². The Hall–Kier alpha value is -2.34. The number of hydrogen-bond acceptors (Lipinski definition) is 3. The van der Waals surface area contributed by atoms with E-state index in [4.69, 9.17) is 23.2 Å². The van der Waals surface area contributed by atoms with Gasteiger partial charge in [0.05, 0.1) is 10.0 Å². The number of aromatic amines is 1. The molecule has 1 aromatic heterocycles. The number of carbonyl (C=O) groups excluding carboxylic acids is 1. The fourth-order valence-electron chi connectivity index (χ4n) is 2.98. The molecule has 0 spiro atoms. The van der Waals surface area contributed by atoms with E-state index in [0.717, 1.165) is 0 Å². The van der Waals surface area contributed by atoms with Crippen molar-refractivity contribution in [3.8, 4) is 0 Å². The van der Waals surface area contributed by atoms with Crippen molar-refractivity contribution in [1.29, 1.82) is 0 Å². The van der Waals surface area contributed by atoms with Crippen molar-refractivity contribution in [2.45, 2.75) is 5.72 Å². The van der Waals surface area contributed by atoms with Gasteiger partial charge in [-0.15, -0.1) is 0 Å². The van der Waals surface area contributed by atoms with Crippen LogP contribution in [0.25, 0.3) is 0 Å². The van der Waals surface area contributed by atoms with E-state index in [1.165, 1.54) is 11.1 Å². The molecule has 0 radical (unpaired) electrons. The smallest absolute Gasteiger partial charge is 0.261 e.